The van der Waals surface area contributed by atoms with Gasteiger partial charge in [0.2, 0.25) is 5.95 Å². The highest BCUT2D eigenvalue weighted by Crippen LogP contribution is 2.19. The van der Waals surface area contributed by atoms with E-state index in [9.17, 15) is 0 Å². The van der Waals surface area contributed by atoms with Crippen LogP contribution in [0.1, 0.15) is 5.69 Å². The second-order valence-corrected chi connectivity index (χ2v) is 4.40. The van der Waals surface area contributed by atoms with Crippen LogP contribution in [0.3, 0.4) is 0 Å². The standard InChI is InChI=1S/C12H18N6/c1-9-10(8-15-17-9)11-4-5-13-12(16-11)14-6-7-18(2)3/h4-5,8H,6-7H2,1-3H3,(H,15,17)(H,13,14,16). The Balaban J connectivity index is 2.08. The van der Waals surface area contributed by atoms with Crippen molar-refractivity contribution in [2.75, 3.05) is 32.5 Å². The van der Waals surface area contributed by atoms with Crippen LogP contribution < -0.4 is 5.32 Å². The summed E-state index contributed by atoms with van der Waals surface area (Å²) in [6.45, 7) is 3.74. The Morgan fingerprint density at radius 3 is 2.89 bits per heavy atom. The number of nitrogens with one attached hydrogen (secondary N) is 2. The van der Waals surface area contributed by atoms with Gasteiger partial charge in [-0.25, -0.2) is 9.97 Å². The fourth-order valence-corrected chi connectivity index (χ4v) is 1.59. The van der Waals surface area contributed by atoms with Crippen LogP contribution in [0, 0.1) is 6.92 Å². The fourth-order valence-electron chi connectivity index (χ4n) is 1.59. The van der Waals surface area contributed by atoms with Gasteiger partial charge in [0.25, 0.3) is 0 Å². The SMILES string of the molecule is Cc1[nH]ncc1-c1ccnc(NCCN(C)C)n1. The lowest BCUT2D eigenvalue weighted by molar-refractivity contribution is 0.425. The van der Waals surface area contributed by atoms with Gasteiger partial charge in [-0.05, 0) is 27.1 Å². The first-order valence-electron chi connectivity index (χ1n) is 5.89. The molecule has 2 N–H and O–H groups in total. The van der Waals surface area contributed by atoms with Gasteiger partial charge in [0.15, 0.2) is 0 Å². The minimum absolute atomic E-state index is 0.648. The van der Waals surface area contributed by atoms with Crippen LogP contribution in [0.2, 0.25) is 0 Å². The summed E-state index contributed by atoms with van der Waals surface area (Å²) in [6, 6.07) is 1.88. The number of likely N-dealkylation sites (N-methyl/N-ethyl adjacent to an activating group) is 1. The van der Waals surface area contributed by atoms with Crippen molar-refractivity contribution in [3.05, 3.63) is 24.2 Å². The van der Waals surface area contributed by atoms with E-state index in [1.807, 2.05) is 27.1 Å². The fraction of sp³-hybridized carbons (Fsp3) is 0.417. The third-order valence-corrected chi connectivity index (χ3v) is 2.60. The zero-order valence-corrected chi connectivity index (χ0v) is 10.9. The second kappa shape index (κ2) is 5.59. The van der Waals surface area contributed by atoms with Gasteiger partial charge in [0.1, 0.15) is 0 Å². The van der Waals surface area contributed by atoms with Crippen molar-refractivity contribution in [2.24, 2.45) is 0 Å². The molecule has 2 rings (SSSR count). The number of aryl methyl sites for hydroxylation is 1. The average molecular weight is 246 g/mol. The summed E-state index contributed by atoms with van der Waals surface area (Å²) in [5.74, 6) is 0.648. The van der Waals surface area contributed by atoms with Crippen molar-refractivity contribution < 1.29 is 0 Å². The van der Waals surface area contributed by atoms with Gasteiger partial charge < -0.3 is 10.2 Å². The normalized spacial score (nSPS) is 10.9. The predicted molar refractivity (Wildman–Crippen MR) is 71.4 cm³/mol. The van der Waals surface area contributed by atoms with Crippen LogP contribution in [-0.4, -0.2) is 52.3 Å². The van der Waals surface area contributed by atoms with E-state index in [0.29, 0.717) is 5.95 Å². The Kier molecular flexibility index (Phi) is 3.88. The molecule has 6 heteroatoms. The van der Waals surface area contributed by atoms with E-state index in [-0.39, 0.29) is 0 Å². The molecule has 0 spiro atoms. The second-order valence-electron chi connectivity index (χ2n) is 4.40. The van der Waals surface area contributed by atoms with Crippen LogP contribution in [0.25, 0.3) is 11.3 Å². The first-order valence-corrected chi connectivity index (χ1v) is 5.89. The molecular formula is C12H18N6. The lowest BCUT2D eigenvalue weighted by atomic mass is 10.2. The predicted octanol–water partition coefficient (Wildman–Crippen LogP) is 1.15. The molecule has 2 aromatic rings. The Hall–Kier alpha value is -1.95. The van der Waals surface area contributed by atoms with E-state index in [2.05, 4.69) is 30.4 Å². The number of nitrogens with zero attached hydrogens (tertiary/aromatic N) is 4. The third-order valence-electron chi connectivity index (χ3n) is 2.60. The maximum atomic E-state index is 4.47. The molecule has 0 saturated heterocycles. The quantitative estimate of drug-likeness (QED) is 0.828. The molecule has 0 radical (unpaired) electrons. The van der Waals surface area contributed by atoms with Crippen molar-refractivity contribution in [1.82, 2.24) is 25.1 Å². The summed E-state index contributed by atoms with van der Waals surface area (Å²) in [6.07, 6.45) is 3.54. The summed E-state index contributed by atoms with van der Waals surface area (Å²) in [5, 5.41) is 10.1. The molecule has 0 saturated carbocycles. The molecule has 18 heavy (non-hydrogen) atoms. The van der Waals surface area contributed by atoms with E-state index in [1.54, 1.807) is 12.4 Å². The van der Waals surface area contributed by atoms with Crippen molar-refractivity contribution in [1.29, 1.82) is 0 Å². The summed E-state index contributed by atoms with van der Waals surface area (Å²) < 4.78 is 0. The summed E-state index contributed by atoms with van der Waals surface area (Å²) >= 11 is 0. The maximum Gasteiger partial charge on any atom is 0.223 e. The summed E-state index contributed by atoms with van der Waals surface area (Å²) in [5.41, 5.74) is 2.89. The van der Waals surface area contributed by atoms with Gasteiger partial charge in [0.05, 0.1) is 11.9 Å². The van der Waals surface area contributed by atoms with E-state index in [4.69, 9.17) is 0 Å². The molecule has 0 atom stereocenters. The van der Waals surface area contributed by atoms with E-state index < -0.39 is 0 Å². The number of hydrogen-bond acceptors (Lipinski definition) is 5. The largest absolute Gasteiger partial charge is 0.353 e. The number of aromatic nitrogens is 4. The highest BCUT2D eigenvalue weighted by molar-refractivity contribution is 5.61. The Bertz CT molecular complexity index is 505. The van der Waals surface area contributed by atoms with Crippen LogP contribution >= 0.6 is 0 Å². The molecule has 0 unspecified atom stereocenters. The van der Waals surface area contributed by atoms with Crippen molar-refractivity contribution in [3.8, 4) is 11.3 Å². The van der Waals surface area contributed by atoms with Crippen LogP contribution in [0.15, 0.2) is 18.5 Å². The number of anilines is 1. The van der Waals surface area contributed by atoms with E-state index >= 15 is 0 Å². The number of aromatic amines is 1. The zero-order valence-electron chi connectivity index (χ0n) is 10.9. The Morgan fingerprint density at radius 1 is 1.39 bits per heavy atom. The topological polar surface area (TPSA) is 69.7 Å². The minimum atomic E-state index is 0.648. The third kappa shape index (κ3) is 3.04. The summed E-state index contributed by atoms with van der Waals surface area (Å²) in [7, 11) is 4.07. The molecule has 0 amide bonds. The Labute approximate surface area is 106 Å². The molecule has 0 aromatic carbocycles. The van der Waals surface area contributed by atoms with Gasteiger partial charge >= 0.3 is 0 Å². The highest BCUT2D eigenvalue weighted by atomic mass is 15.1. The first kappa shape index (κ1) is 12.5. The van der Waals surface area contributed by atoms with Crippen molar-refractivity contribution in [2.45, 2.75) is 6.92 Å². The van der Waals surface area contributed by atoms with Crippen molar-refractivity contribution >= 4 is 5.95 Å². The van der Waals surface area contributed by atoms with Gasteiger partial charge in [-0.15, -0.1) is 0 Å². The van der Waals surface area contributed by atoms with Gasteiger partial charge in [-0.2, -0.15) is 5.10 Å². The van der Waals surface area contributed by atoms with Crippen LogP contribution in [-0.2, 0) is 0 Å². The average Bonchev–Trinajstić information content (AvgIpc) is 2.75. The number of H-pyrrole nitrogens is 1. The van der Waals surface area contributed by atoms with Gasteiger partial charge in [-0.1, -0.05) is 0 Å². The lowest BCUT2D eigenvalue weighted by Crippen LogP contribution is -2.21. The monoisotopic (exact) mass is 246 g/mol. The van der Waals surface area contributed by atoms with E-state index in [0.717, 1.165) is 30.0 Å². The molecule has 6 nitrogen and oxygen atoms in total. The molecule has 0 aliphatic heterocycles. The zero-order chi connectivity index (χ0) is 13.0. The minimum Gasteiger partial charge on any atom is -0.353 e. The number of rotatable bonds is 5. The van der Waals surface area contributed by atoms with E-state index in [1.165, 1.54) is 0 Å². The molecule has 0 fully saturated rings. The van der Waals surface area contributed by atoms with Gasteiger partial charge in [0, 0.05) is 30.5 Å². The van der Waals surface area contributed by atoms with Crippen LogP contribution in [0.4, 0.5) is 5.95 Å². The smallest absolute Gasteiger partial charge is 0.223 e. The maximum absolute atomic E-state index is 4.47. The summed E-state index contributed by atoms with van der Waals surface area (Å²) in [4.78, 5) is 10.8. The molecule has 96 valence electrons. The Morgan fingerprint density at radius 2 is 2.22 bits per heavy atom. The molecule has 0 aliphatic rings. The molecule has 2 aromatic heterocycles. The molecule has 2 heterocycles. The van der Waals surface area contributed by atoms with Crippen LogP contribution in [0.5, 0.6) is 0 Å². The molecule has 0 bridgehead atoms. The molecular weight excluding hydrogens is 228 g/mol. The first-order chi connectivity index (χ1) is 8.66. The highest BCUT2D eigenvalue weighted by Gasteiger charge is 2.06. The lowest BCUT2D eigenvalue weighted by Gasteiger charge is -2.10. The number of hydrogen-bond donors (Lipinski definition) is 2. The van der Waals surface area contributed by atoms with Crippen molar-refractivity contribution in [3.63, 3.8) is 0 Å². The molecule has 0 aliphatic carbocycles. The van der Waals surface area contributed by atoms with Gasteiger partial charge in [-0.3, -0.25) is 5.10 Å².